The van der Waals surface area contributed by atoms with Gasteiger partial charge in [-0.05, 0) is 37.8 Å². The number of fused-ring (bicyclic) bond motifs is 1. The Hall–Kier alpha value is -2.26. The minimum Gasteiger partial charge on any atom is -0.425 e. The maximum Gasteiger partial charge on any atom is 0.369 e. The van der Waals surface area contributed by atoms with Crippen LogP contribution in [0.3, 0.4) is 0 Å². The van der Waals surface area contributed by atoms with Crippen LogP contribution in [0.25, 0.3) is 0 Å². The van der Waals surface area contributed by atoms with Crippen molar-refractivity contribution in [2.45, 2.75) is 83.9 Å². The molecule has 3 rings (SSSR count). The van der Waals surface area contributed by atoms with Crippen LogP contribution in [0.1, 0.15) is 74.1 Å². The smallest absolute Gasteiger partial charge is 0.369 e. The van der Waals surface area contributed by atoms with Gasteiger partial charge in [-0.3, -0.25) is 9.59 Å². The van der Waals surface area contributed by atoms with Crippen molar-refractivity contribution in [3.05, 3.63) is 21.9 Å². The molecule has 0 atom stereocenters. The molecule has 2 aliphatic heterocycles. The van der Waals surface area contributed by atoms with E-state index in [4.69, 9.17) is 14.3 Å². The third-order valence-corrected chi connectivity index (χ3v) is 8.69. The lowest BCUT2D eigenvalue weighted by Gasteiger charge is -2.17. The average molecular weight is 520 g/mol. The van der Waals surface area contributed by atoms with Crippen LogP contribution in [0, 0.1) is 17.3 Å². The molecule has 2 heterocycles. The summed E-state index contributed by atoms with van der Waals surface area (Å²) in [6, 6.07) is 3.31. The standard InChI is InChI=1S/C26H33NO6S2/c1-8-14(9-2)22(28)31-16-12-13-17(32-23(29)15(10-3)11-4)20-19(16)34-25(35-20)18-21(26(5,6)7)27-33-24(18)30/h12-15H,8-11H2,1-7H3. The summed E-state index contributed by atoms with van der Waals surface area (Å²) in [6.07, 6.45) is 2.71. The van der Waals surface area contributed by atoms with E-state index in [9.17, 15) is 14.4 Å². The molecule has 1 aromatic rings. The van der Waals surface area contributed by atoms with Gasteiger partial charge in [0.15, 0.2) is 0 Å². The molecule has 0 spiro atoms. The van der Waals surface area contributed by atoms with Crippen molar-refractivity contribution >= 4 is 47.1 Å². The number of oxime groups is 1. The van der Waals surface area contributed by atoms with Gasteiger partial charge in [0.05, 0.1) is 25.9 Å². The summed E-state index contributed by atoms with van der Waals surface area (Å²) in [7, 11) is 0. The van der Waals surface area contributed by atoms with Crippen LogP contribution in [-0.4, -0.2) is 23.6 Å². The number of hydrogen-bond acceptors (Lipinski definition) is 9. The van der Waals surface area contributed by atoms with Gasteiger partial charge in [-0.25, -0.2) is 4.79 Å². The zero-order valence-electron chi connectivity index (χ0n) is 21.4. The van der Waals surface area contributed by atoms with E-state index in [0.717, 1.165) is 0 Å². The first-order valence-corrected chi connectivity index (χ1v) is 13.7. The summed E-state index contributed by atoms with van der Waals surface area (Å²) in [5.41, 5.74) is 0.523. The van der Waals surface area contributed by atoms with E-state index in [1.165, 1.54) is 23.5 Å². The van der Waals surface area contributed by atoms with Gasteiger partial charge in [0.2, 0.25) is 0 Å². The van der Waals surface area contributed by atoms with Gasteiger partial charge in [0, 0.05) is 5.41 Å². The van der Waals surface area contributed by atoms with Crippen molar-refractivity contribution in [3.8, 4) is 11.5 Å². The van der Waals surface area contributed by atoms with E-state index in [1.54, 1.807) is 12.1 Å². The number of nitrogens with zero attached hydrogens (tertiary/aromatic N) is 1. The van der Waals surface area contributed by atoms with Gasteiger partial charge in [-0.1, -0.05) is 77.1 Å². The zero-order valence-corrected chi connectivity index (χ0v) is 23.0. The summed E-state index contributed by atoms with van der Waals surface area (Å²) in [5.74, 6) is -0.783. The van der Waals surface area contributed by atoms with Crippen molar-refractivity contribution < 1.29 is 28.7 Å². The summed E-state index contributed by atoms with van der Waals surface area (Å²) in [5, 5.41) is 4.02. The van der Waals surface area contributed by atoms with Gasteiger partial charge in [-0.15, -0.1) is 0 Å². The van der Waals surface area contributed by atoms with Crippen molar-refractivity contribution in [2.24, 2.45) is 22.4 Å². The number of benzene rings is 1. The molecular formula is C26H33NO6S2. The molecule has 2 aliphatic rings. The summed E-state index contributed by atoms with van der Waals surface area (Å²) in [4.78, 5) is 44.4. The molecule has 190 valence electrons. The SMILES string of the molecule is CCC(CC)C(=O)Oc1ccc(OC(=O)C(CC)CC)c2c1SC(=C1C(=O)ON=C1C(C)(C)C)S2. The van der Waals surface area contributed by atoms with Crippen LogP contribution < -0.4 is 9.47 Å². The fourth-order valence-corrected chi connectivity index (χ4v) is 6.44. The van der Waals surface area contributed by atoms with Gasteiger partial charge >= 0.3 is 17.9 Å². The van der Waals surface area contributed by atoms with Crippen molar-refractivity contribution in [1.82, 2.24) is 0 Å². The Morgan fingerprint density at radius 2 is 1.31 bits per heavy atom. The Bertz CT molecular complexity index is 1020. The molecule has 0 saturated carbocycles. The molecule has 0 unspecified atom stereocenters. The van der Waals surface area contributed by atoms with E-state index in [2.05, 4.69) is 5.16 Å². The number of rotatable bonds is 8. The van der Waals surface area contributed by atoms with E-state index in [0.29, 0.717) is 62.5 Å². The Balaban J connectivity index is 2.06. The maximum atomic E-state index is 12.7. The molecule has 0 aliphatic carbocycles. The lowest BCUT2D eigenvalue weighted by molar-refractivity contribution is -0.140. The van der Waals surface area contributed by atoms with Crippen molar-refractivity contribution in [2.75, 3.05) is 0 Å². The first kappa shape index (κ1) is 27.3. The molecule has 0 aromatic heterocycles. The quantitative estimate of drug-likeness (QED) is 0.161. The minimum atomic E-state index is -0.524. The number of carbonyl (C=O) groups is 3. The molecule has 0 saturated heterocycles. The van der Waals surface area contributed by atoms with Crippen LogP contribution in [0.15, 0.2) is 36.9 Å². The van der Waals surface area contributed by atoms with Crippen LogP contribution in [0.4, 0.5) is 0 Å². The highest BCUT2D eigenvalue weighted by atomic mass is 32.2. The van der Waals surface area contributed by atoms with Gasteiger partial charge in [-0.2, -0.15) is 0 Å². The van der Waals surface area contributed by atoms with Crippen molar-refractivity contribution in [3.63, 3.8) is 0 Å². The van der Waals surface area contributed by atoms with Gasteiger partial charge < -0.3 is 14.3 Å². The molecule has 0 N–H and O–H groups in total. The zero-order chi connectivity index (χ0) is 25.9. The Morgan fingerprint density at radius 1 is 0.886 bits per heavy atom. The van der Waals surface area contributed by atoms with E-state index >= 15 is 0 Å². The van der Waals surface area contributed by atoms with Crippen LogP contribution in [0.2, 0.25) is 0 Å². The fourth-order valence-electron chi connectivity index (χ4n) is 3.78. The fraction of sp³-hybridized carbons (Fsp3) is 0.538. The predicted octanol–water partition coefficient (Wildman–Crippen LogP) is 6.74. The summed E-state index contributed by atoms with van der Waals surface area (Å²) in [6.45, 7) is 13.7. The normalized spacial score (nSPS) is 15.5. The van der Waals surface area contributed by atoms with E-state index in [1.807, 2.05) is 48.5 Å². The Kier molecular flexibility index (Phi) is 8.75. The lowest BCUT2D eigenvalue weighted by Crippen LogP contribution is -2.22. The third kappa shape index (κ3) is 5.77. The summed E-state index contributed by atoms with van der Waals surface area (Å²) >= 11 is 2.61. The molecule has 0 amide bonds. The first-order valence-electron chi connectivity index (χ1n) is 12.1. The number of carbonyl (C=O) groups excluding carboxylic acids is 3. The lowest BCUT2D eigenvalue weighted by atomic mass is 9.86. The molecule has 35 heavy (non-hydrogen) atoms. The molecule has 0 bridgehead atoms. The van der Waals surface area contributed by atoms with E-state index in [-0.39, 0.29) is 23.8 Å². The molecule has 7 nitrogen and oxygen atoms in total. The molecule has 9 heteroatoms. The second-order valence-electron chi connectivity index (χ2n) is 9.52. The number of ether oxygens (including phenoxy) is 2. The molecular weight excluding hydrogens is 486 g/mol. The highest BCUT2D eigenvalue weighted by Crippen LogP contribution is 2.60. The molecule has 0 radical (unpaired) electrons. The predicted molar refractivity (Wildman–Crippen MR) is 138 cm³/mol. The first-order chi connectivity index (χ1) is 16.5. The van der Waals surface area contributed by atoms with Gasteiger partial charge in [0.25, 0.3) is 0 Å². The summed E-state index contributed by atoms with van der Waals surface area (Å²) < 4.78 is 12.3. The third-order valence-electron chi connectivity index (χ3n) is 6.06. The van der Waals surface area contributed by atoms with Crippen LogP contribution >= 0.6 is 23.5 Å². The van der Waals surface area contributed by atoms with Crippen LogP contribution in [0.5, 0.6) is 11.5 Å². The monoisotopic (exact) mass is 519 g/mol. The van der Waals surface area contributed by atoms with E-state index < -0.39 is 11.4 Å². The second-order valence-corrected chi connectivity index (χ2v) is 11.8. The minimum absolute atomic E-state index is 0.209. The molecule has 0 fully saturated rings. The average Bonchev–Trinajstić information content (AvgIpc) is 3.41. The Labute approximate surface area is 215 Å². The topological polar surface area (TPSA) is 91.3 Å². The second kappa shape index (κ2) is 11.2. The number of thioether (sulfide) groups is 2. The van der Waals surface area contributed by atoms with Crippen LogP contribution in [-0.2, 0) is 19.2 Å². The highest BCUT2D eigenvalue weighted by molar-refractivity contribution is 8.25. The molecule has 1 aromatic carbocycles. The largest absolute Gasteiger partial charge is 0.425 e. The Morgan fingerprint density at radius 3 is 1.69 bits per heavy atom. The maximum absolute atomic E-state index is 12.7. The number of esters is 2. The van der Waals surface area contributed by atoms with Gasteiger partial charge in [0.1, 0.15) is 22.8 Å². The number of hydrogen-bond donors (Lipinski definition) is 0. The van der Waals surface area contributed by atoms with Crippen molar-refractivity contribution in [1.29, 1.82) is 0 Å². The highest BCUT2D eigenvalue weighted by Gasteiger charge is 2.40.